The summed E-state index contributed by atoms with van der Waals surface area (Å²) in [6, 6.07) is 0. The molecule has 0 saturated heterocycles. The number of aromatic nitrogens is 2. The van der Waals surface area contributed by atoms with Crippen LogP contribution in [-0.4, -0.2) is 17.0 Å². The SMILES string of the molecule is CNc1nc(Cl)c(I)c(Cl)n1. The highest BCUT2D eigenvalue weighted by Crippen LogP contribution is 2.23. The quantitative estimate of drug-likeness (QED) is 0.639. The number of halogens is 3. The molecule has 0 aromatic carbocycles. The van der Waals surface area contributed by atoms with Crippen molar-refractivity contribution < 1.29 is 0 Å². The minimum absolute atomic E-state index is 0.370. The molecule has 1 N–H and O–H groups in total. The van der Waals surface area contributed by atoms with E-state index in [1.54, 1.807) is 7.05 Å². The van der Waals surface area contributed by atoms with Gasteiger partial charge in [-0.05, 0) is 22.6 Å². The molecule has 0 fully saturated rings. The second-order valence-corrected chi connectivity index (χ2v) is 3.49. The van der Waals surface area contributed by atoms with Gasteiger partial charge >= 0.3 is 0 Å². The van der Waals surface area contributed by atoms with Gasteiger partial charge in [0, 0.05) is 7.05 Å². The first kappa shape index (κ1) is 9.28. The molecule has 1 aromatic heterocycles. The molecule has 0 aliphatic carbocycles. The Labute approximate surface area is 87.7 Å². The Bertz CT molecular complexity index is 255. The van der Waals surface area contributed by atoms with Gasteiger partial charge in [-0.1, -0.05) is 23.2 Å². The zero-order chi connectivity index (χ0) is 8.43. The lowest BCUT2D eigenvalue weighted by Gasteiger charge is -2.01. The second-order valence-electron chi connectivity index (χ2n) is 1.69. The van der Waals surface area contributed by atoms with E-state index in [0.717, 1.165) is 0 Å². The molecule has 0 saturated carbocycles. The lowest BCUT2D eigenvalue weighted by molar-refractivity contribution is 1.14. The van der Waals surface area contributed by atoms with Gasteiger partial charge in [0.1, 0.15) is 10.3 Å². The van der Waals surface area contributed by atoms with Crippen LogP contribution in [0.25, 0.3) is 0 Å². The molecule has 11 heavy (non-hydrogen) atoms. The molecule has 1 aromatic rings. The molecule has 0 amide bonds. The smallest absolute Gasteiger partial charge is 0.225 e. The zero-order valence-corrected chi connectivity index (χ0v) is 9.20. The summed E-state index contributed by atoms with van der Waals surface area (Å²) in [5, 5.41) is 3.48. The standard InChI is InChI=1S/C5H4Cl2IN3/c1-9-5-10-3(6)2(8)4(7)11-5/h1H3,(H,9,10,11). The zero-order valence-electron chi connectivity index (χ0n) is 5.53. The summed E-state index contributed by atoms with van der Waals surface area (Å²) >= 11 is 13.4. The Morgan fingerprint density at radius 2 is 1.73 bits per heavy atom. The minimum atomic E-state index is 0.370. The van der Waals surface area contributed by atoms with E-state index in [1.807, 2.05) is 22.6 Å². The van der Waals surface area contributed by atoms with Crippen LogP contribution in [-0.2, 0) is 0 Å². The van der Waals surface area contributed by atoms with Crippen molar-refractivity contribution in [1.29, 1.82) is 0 Å². The predicted molar refractivity (Wildman–Crippen MR) is 54.3 cm³/mol. The van der Waals surface area contributed by atoms with Crippen LogP contribution in [0.4, 0.5) is 5.95 Å². The van der Waals surface area contributed by atoms with Crippen LogP contribution < -0.4 is 5.32 Å². The number of hydrogen-bond acceptors (Lipinski definition) is 3. The van der Waals surface area contributed by atoms with Gasteiger partial charge in [-0.15, -0.1) is 0 Å². The molecule has 0 bridgehead atoms. The third-order valence-corrected chi connectivity index (χ3v) is 3.20. The second kappa shape index (κ2) is 3.73. The summed E-state index contributed by atoms with van der Waals surface area (Å²) in [7, 11) is 1.70. The fourth-order valence-corrected chi connectivity index (χ4v) is 1.13. The molecule has 1 heterocycles. The summed E-state index contributed by atoms with van der Waals surface area (Å²) in [6.07, 6.45) is 0. The van der Waals surface area contributed by atoms with E-state index >= 15 is 0 Å². The van der Waals surface area contributed by atoms with Crippen LogP contribution in [0.3, 0.4) is 0 Å². The third kappa shape index (κ3) is 2.07. The molecule has 6 heteroatoms. The van der Waals surface area contributed by atoms with Crippen molar-refractivity contribution in [3.8, 4) is 0 Å². The average molecular weight is 304 g/mol. The van der Waals surface area contributed by atoms with Gasteiger partial charge < -0.3 is 5.32 Å². The minimum Gasteiger partial charge on any atom is -0.357 e. The van der Waals surface area contributed by atoms with Crippen molar-refractivity contribution in [3.05, 3.63) is 13.9 Å². The average Bonchev–Trinajstić information content (AvgIpc) is 1.99. The van der Waals surface area contributed by atoms with Crippen molar-refractivity contribution >= 4 is 51.7 Å². The molecular formula is C5H4Cl2IN3. The third-order valence-electron chi connectivity index (χ3n) is 0.994. The summed E-state index contributed by atoms with van der Waals surface area (Å²) in [5.41, 5.74) is 0. The maximum absolute atomic E-state index is 5.71. The first-order valence-corrected chi connectivity index (χ1v) is 4.55. The maximum atomic E-state index is 5.71. The molecule has 0 spiro atoms. The van der Waals surface area contributed by atoms with Gasteiger partial charge in [0.15, 0.2) is 0 Å². The summed E-state index contributed by atoms with van der Waals surface area (Å²) in [4.78, 5) is 7.81. The Hall–Kier alpha value is 0.190. The molecule has 0 aliphatic rings. The van der Waals surface area contributed by atoms with Crippen molar-refractivity contribution in [2.24, 2.45) is 0 Å². The monoisotopic (exact) mass is 303 g/mol. The largest absolute Gasteiger partial charge is 0.357 e. The van der Waals surface area contributed by atoms with E-state index in [4.69, 9.17) is 23.2 Å². The number of rotatable bonds is 1. The summed E-state index contributed by atoms with van der Waals surface area (Å²) in [5.74, 6) is 0.431. The van der Waals surface area contributed by atoms with E-state index < -0.39 is 0 Å². The topological polar surface area (TPSA) is 37.8 Å². The van der Waals surface area contributed by atoms with Gasteiger partial charge in [0.25, 0.3) is 0 Å². The Balaban J connectivity index is 3.21. The van der Waals surface area contributed by atoms with E-state index in [9.17, 15) is 0 Å². The highest BCUT2D eigenvalue weighted by atomic mass is 127. The Kier molecular flexibility index (Phi) is 3.15. The molecular weight excluding hydrogens is 300 g/mol. The number of anilines is 1. The van der Waals surface area contributed by atoms with Crippen LogP contribution in [0.1, 0.15) is 0 Å². The number of nitrogens with zero attached hydrogens (tertiary/aromatic N) is 2. The van der Waals surface area contributed by atoms with Gasteiger partial charge in [-0.25, -0.2) is 0 Å². The van der Waals surface area contributed by atoms with Crippen LogP contribution in [0.2, 0.25) is 10.3 Å². The summed E-state index contributed by atoms with van der Waals surface area (Å²) in [6.45, 7) is 0. The number of hydrogen-bond donors (Lipinski definition) is 1. The molecule has 60 valence electrons. The summed E-state index contributed by atoms with van der Waals surface area (Å²) < 4.78 is 0.671. The van der Waals surface area contributed by atoms with Crippen LogP contribution in [0.15, 0.2) is 0 Å². The molecule has 0 radical (unpaired) electrons. The fraction of sp³-hybridized carbons (Fsp3) is 0.200. The molecule has 0 unspecified atom stereocenters. The highest BCUT2D eigenvalue weighted by Gasteiger charge is 2.06. The van der Waals surface area contributed by atoms with Crippen molar-refractivity contribution in [2.45, 2.75) is 0 Å². The van der Waals surface area contributed by atoms with Gasteiger partial charge in [0.05, 0.1) is 3.57 Å². The van der Waals surface area contributed by atoms with Crippen molar-refractivity contribution in [1.82, 2.24) is 9.97 Å². The lowest BCUT2D eigenvalue weighted by Crippen LogP contribution is -1.98. The normalized spacial score (nSPS) is 9.82. The molecule has 1 rings (SSSR count). The van der Waals surface area contributed by atoms with Crippen LogP contribution in [0.5, 0.6) is 0 Å². The van der Waals surface area contributed by atoms with Crippen LogP contribution in [0, 0.1) is 3.57 Å². The number of nitrogens with one attached hydrogen (secondary N) is 1. The molecule has 0 atom stereocenters. The Morgan fingerprint density at radius 1 is 1.27 bits per heavy atom. The predicted octanol–water partition coefficient (Wildman–Crippen LogP) is 2.43. The first-order chi connectivity index (χ1) is 5.15. The van der Waals surface area contributed by atoms with E-state index in [2.05, 4.69) is 15.3 Å². The Morgan fingerprint density at radius 3 is 2.09 bits per heavy atom. The molecule has 0 aliphatic heterocycles. The highest BCUT2D eigenvalue weighted by molar-refractivity contribution is 14.1. The van der Waals surface area contributed by atoms with Gasteiger partial charge in [-0.2, -0.15) is 9.97 Å². The van der Waals surface area contributed by atoms with Gasteiger partial charge in [-0.3, -0.25) is 0 Å². The van der Waals surface area contributed by atoms with Crippen molar-refractivity contribution in [3.63, 3.8) is 0 Å². The van der Waals surface area contributed by atoms with E-state index in [1.165, 1.54) is 0 Å². The van der Waals surface area contributed by atoms with Crippen molar-refractivity contribution in [2.75, 3.05) is 12.4 Å². The molecule has 3 nitrogen and oxygen atoms in total. The fourth-order valence-electron chi connectivity index (χ4n) is 0.506. The lowest BCUT2D eigenvalue weighted by atomic mass is 10.7. The maximum Gasteiger partial charge on any atom is 0.225 e. The van der Waals surface area contributed by atoms with Gasteiger partial charge in [0.2, 0.25) is 5.95 Å². The van der Waals surface area contributed by atoms with Crippen LogP contribution >= 0.6 is 45.8 Å². The van der Waals surface area contributed by atoms with E-state index in [-0.39, 0.29) is 0 Å². The first-order valence-electron chi connectivity index (χ1n) is 2.71. The van der Waals surface area contributed by atoms with E-state index in [0.29, 0.717) is 19.8 Å².